The molecule has 2 aromatic heterocycles. The molecule has 0 aliphatic heterocycles. The lowest BCUT2D eigenvalue weighted by Crippen LogP contribution is -1.99. The zero-order chi connectivity index (χ0) is 12.4. The van der Waals surface area contributed by atoms with E-state index in [0.717, 1.165) is 0 Å². The predicted molar refractivity (Wildman–Crippen MR) is 65.1 cm³/mol. The van der Waals surface area contributed by atoms with Crippen LogP contribution in [-0.2, 0) is 7.05 Å². The zero-order valence-electron chi connectivity index (χ0n) is 8.79. The molecule has 0 aliphatic carbocycles. The molecule has 1 N–H and O–H groups in total. The van der Waals surface area contributed by atoms with Crippen molar-refractivity contribution in [2.24, 2.45) is 7.05 Å². The normalized spacial score (nSPS) is 10.2. The molecule has 0 saturated carbocycles. The standard InChI is InChI=1S/C9H8BrN5O2/c1-14-5-7(4-12-14)13-9-8(15(16)17)2-6(10)3-11-9/h2-5H,1H3,(H,11,13). The SMILES string of the molecule is Cn1cc(Nc2ncc(Br)cc2[N+](=O)[O-])cn1. The Morgan fingerprint density at radius 2 is 2.29 bits per heavy atom. The Hall–Kier alpha value is -1.96. The largest absolute Gasteiger partial charge is 0.332 e. The maximum atomic E-state index is 10.9. The van der Waals surface area contributed by atoms with Crippen LogP contribution in [0.25, 0.3) is 0 Å². The van der Waals surface area contributed by atoms with Crippen molar-refractivity contribution in [3.05, 3.63) is 39.2 Å². The van der Waals surface area contributed by atoms with Crippen LogP contribution in [0.15, 0.2) is 29.1 Å². The highest BCUT2D eigenvalue weighted by Crippen LogP contribution is 2.27. The highest BCUT2D eigenvalue weighted by Gasteiger charge is 2.16. The third kappa shape index (κ3) is 2.59. The Kier molecular flexibility index (Phi) is 3.05. The predicted octanol–water partition coefficient (Wildman–Crippen LogP) is 2.23. The second-order valence-electron chi connectivity index (χ2n) is 3.31. The maximum Gasteiger partial charge on any atom is 0.312 e. The fourth-order valence-corrected chi connectivity index (χ4v) is 1.61. The van der Waals surface area contributed by atoms with Crippen molar-refractivity contribution < 1.29 is 4.92 Å². The van der Waals surface area contributed by atoms with Gasteiger partial charge in [-0.15, -0.1) is 0 Å². The van der Waals surface area contributed by atoms with Crippen LogP contribution >= 0.6 is 15.9 Å². The van der Waals surface area contributed by atoms with Crippen LogP contribution in [0, 0.1) is 10.1 Å². The van der Waals surface area contributed by atoms with Crippen LogP contribution in [0.3, 0.4) is 0 Å². The van der Waals surface area contributed by atoms with Gasteiger partial charge in [-0.3, -0.25) is 14.8 Å². The molecular weight excluding hydrogens is 290 g/mol. The summed E-state index contributed by atoms with van der Waals surface area (Å²) in [5.41, 5.74) is 0.550. The number of aryl methyl sites for hydroxylation is 1. The highest BCUT2D eigenvalue weighted by molar-refractivity contribution is 9.10. The van der Waals surface area contributed by atoms with E-state index in [1.807, 2.05) is 0 Å². The maximum absolute atomic E-state index is 10.9. The number of aromatic nitrogens is 3. The van der Waals surface area contributed by atoms with Gasteiger partial charge in [0.05, 0.1) is 16.8 Å². The average Bonchev–Trinajstić information content (AvgIpc) is 2.66. The van der Waals surface area contributed by atoms with Crippen molar-refractivity contribution >= 4 is 33.1 Å². The van der Waals surface area contributed by atoms with E-state index in [2.05, 4.69) is 31.3 Å². The molecule has 0 atom stereocenters. The molecule has 2 heterocycles. The number of nitrogens with zero attached hydrogens (tertiary/aromatic N) is 4. The molecule has 0 spiro atoms. The Balaban J connectivity index is 2.35. The minimum absolute atomic E-state index is 0.0942. The lowest BCUT2D eigenvalue weighted by atomic mass is 10.4. The van der Waals surface area contributed by atoms with Crippen molar-refractivity contribution in [1.29, 1.82) is 0 Å². The van der Waals surface area contributed by atoms with E-state index < -0.39 is 4.92 Å². The molecule has 0 saturated heterocycles. The molecule has 0 aliphatic rings. The van der Waals surface area contributed by atoms with Crippen molar-refractivity contribution in [2.75, 3.05) is 5.32 Å². The van der Waals surface area contributed by atoms with Gasteiger partial charge in [-0.05, 0) is 15.9 Å². The summed E-state index contributed by atoms with van der Waals surface area (Å²) in [6, 6.07) is 1.39. The van der Waals surface area contributed by atoms with Crippen molar-refractivity contribution in [3.8, 4) is 0 Å². The fraction of sp³-hybridized carbons (Fsp3) is 0.111. The molecule has 0 bridgehead atoms. The first-order valence-electron chi connectivity index (χ1n) is 4.62. The molecular formula is C9H8BrN5O2. The Bertz CT molecular complexity index is 568. The van der Waals surface area contributed by atoms with Gasteiger partial charge >= 0.3 is 5.69 Å². The summed E-state index contributed by atoms with van der Waals surface area (Å²) < 4.78 is 2.15. The zero-order valence-corrected chi connectivity index (χ0v) is 10.4. The molecule has 0 radical (unpaired) electrons. The number of rotatable bonds is 3. The Morgan fingerprint density at radius 1 is 1.53 bits per heavy atom. The average molecular weight is 298 g/mol. The van der Waals surface area contributed by atoms with Crippen LogP contribution < -0.4 is 5.32 Å². The molecule has 8 heteroatoms. The number of nitro groups is 1. The summed E-state index contributed by atoms with van der Waals surface area (Å²) in [6.45, 7) is 0. The molecule has 7 nitrogen and oxygen atoms in total. The van der Waals surface area contributed by atoms with Gasteiger partial charge in [0.1, 0.15) is 0 Å². The van der Waals surface area contributed by atoms with Gasteiger partial charge in [0.2, 0.25) is 5.82 Å². The first kappa shape index (κ1) is 11.5. The summed E-state index contributed by atoms with van der Waals surface area (Å²) in [6.07, 6.45) is 4.76. The third-order valence-electron chi connectivity index (χ3n) is 2.00. The van der Waals surface area contributed by atoms with Gasteiger partial charge < -0.3 is 5.32 Å². The first-order chi connectivity index (χ1) is 8.06. The van der Waals surface area contributed by atoms with Crippen LogP contribution in [0.2, 0.25) is 0 Å². The summed E-state index contributed by atoms with van der Waals surface area (Å²) in [7, 11) is 1.76. The number of anilines is 2. The number of pyridine rings is 1. The number of hydrogen-bond donors (Lipinski definition) is 1. The smallest absolute Gasteiger partial charge is 0.312 e. The van der Waals surface area contributed by atoms with Gasteiger partial charge in [-0.2, -0.15) is 5.10 Å². The summed E-state index contributed by atoms with van der Waals surface area (Å²) in [4.78, 5) is 14.3. The minimum Gasteiger partial charge on any atom is -0.332 e. The summed E-state index contributed by atoms with van der Waals surface area (Å²) in [5, 5.41) is 17.7. The molecule has 2 aromatic rings. The molecule has 0 fully saturated rings. The van der Waals surface area contributed by atoms with Crippen molar-refractivity contribution in [1.82, 2.24) is 14.8 Å². The van der Waals surface area contributed by atoms with Crippen LogP contribution in [-0.4, -0.2) is 19.7 Å². The first-order valence-corrected chi connectivity index (χ1v) is 5.41. The fourth-order valence-electron chi connectivity index (χ4n) is 1.29. The molecule has 17 heavy (non-hydrogen) atoms. The van der Waals surface area contributed by atoms with Gasteiger partial charge in [-0.25, -0.2) is 4.98 Å². The van der Waals surface area contributed by atoms with E-state index in [-0.39, 0.29) is 11.5 Å². The molecule has 0 aromatic carbocycles. The van der Waals surface area contributed by atoms with E-state index >= 15 is 0 Å². The second-order valence-corrected chi connectivity index (χ2v) is 4.22. The van der Waals surface area contributed by atoms with Crippen molar-refractivity contribution in [3.63, 3.8) is 0 Å². The van der Waals surface area contributed by atoms with Crippen LogP contribution in [0.1, 0.15) is 0 Å². The summed E-state index contributed by atoms with van der Waals surface area (Å²) in [5.74, 6) is 0.186. The Morgan fingerprint density at radius 3 is 2.88 bits per heavy atom. The Labute approximate surface area is 105 Å². The lowest BCUT2D eigenvalue weighted by Gasteiger charge is -2.03. The number of halogens is 1. The lowest BCUT2D eigenvalue weighted by molar-refractivity contribution is -0.384. The van der Waals surface area contributed by atoms with Gasteiger partial charge in [0, 0.05) is 30.0 Å². The highest BCUT2D eigenvalue weighted by atomic mass is 79.9. The van der Waals surface area contributed by atoms with Gasteiger partial charge in [0.25, 0.3) is 0 Å². The number of nitrogens with one attached hydrogen (secondary N) is 1. The minimum atomic E-state index is -0.490. The van der Waals surface area contributed by atoms with Crippen molar-refractivity contribution in [2.45, 2.75) is 0 Å². The third-order valence-corrected chi connectivity index (χ3v) is 2.43. The van der Waals surface area contributed by atoms with E-state index in [4.69, 9.17) is 0 Å². The monoisotopic (exact) mass is 297 g/mol. The number of hydrogen-bond acceptors (Lipinski definition) is 5. The van der Waals surface area contributed by atoms with Gasteiger partial charge in [0.15, 0.2) is 0 Å². The molecule has 0 unspecified atom stereocenters. The summed E-state index contributed by atoms with van der Waals surface area (Å²) >= 11 is 3.14. The van der Waals surface area contributed by atoms with E-state index in [1.54, 1.807) is 24.1 Å². The molecule has 0 amide bonds. The van der Waals surface area contributed by atoms with E-state index in [1.165, 1.54) is 12.3 Å². The quantitative estimate of drug-likeness (QED) is 0.693. The second kappa shape index (κ2) is 4.50. The topological polar surface area (TPSA) is 85.9 Å². The van der Waals surface area contributed by atoms with E-state index in [0.29, 0.717) is 10.2 Å². The van der Waals surface area contributed by atoms with Crippen LogP contribution in [0.4, 0.5) is 17.2 Å². The molecule has 88 valence electrons. The molecule has 2 rings (SSSR count). The van der Waals surface area contributed by atoms with Gasteiger partial charge in [-0.1, -0.05) is 0 Å². The van der Waals surface area contributed by atoms with E-state index in [9.17, 15) is 10.1 Å². The van der Waals surface area contributed by atoms with Crippen LogP contribution in [0.5, 0.6) is 0 Å².